The summed E-state index contributed by atoms with van der Waals surface area (Å²) in [5.41, 5.74) is 4.77. The highest BCUT2D eigenvalue weighted by atomic mass is 33.1. The quantitative estimate of drug-likeness (QED) is 0.388. The first-order valence-electron chi connectivity index (χ1n) is 3.06. The fourth-order valence-electron chi connectivity index (χ4n) is 0.390. The van der Waals surface area contributed by atoms with Crippen LogP contribution in [0.25, 0.3) is 0 Å². The number of hydrazine groups is 1. The molecule has 11 heavy (non-hydrogen) atoms. The van der Waals surface area contributed by atoms with Crippen LogP contribution >= 0.6 is 21.6 Å². The predicted octanol–water partition coefficient (Wildman–Crippen LogP) is 0.858. The molecule has 0 saturated heterocycles. The van der Waals surface area contributed by atoms with Crippen molar-refractivity contribution in [2.45, 2.75) is 0 Å². The van der Waals surface area contributed by atoms with Gasteiger partial charge in [0, 0.05) is 12.8 Å². The minimum Gasteiger partial charge on any atom is -0.448 e. The molecule has 0 rings (SSSR count). The molecule has 0 unspecified atom stereocenters. The molecule has 0 radical (unpaired) electrons. The van der Waals surface area contributed by atoms with Crippen molar-refractivity contribution in [2.75, 3.05) is 25.7 Å². The number of ether oxygens (including phenoxy) is 1. The van der Waals surface area contributed by atoms with Gasteiger partial charge in [-0.1, -0.05) is 21.6 Å². The summed E-state index contributed by atoms with van der Waals surface area (Å²) in [6.45, 7) is 0.443. The molecular formula is C5H12N2O2S2. The van der Waals surface area contributed by atoms with Crippen molar-refractivity contribution < 1.29 is 9.53 Å². The van der Waals surface area contributed by atoms with Crippen molar-refractivity contribution in [1.29, 1.82) is 0 Å². The summed E-state index contributed by atoms with van der Waals surface area (Å²) in [5.74, 6) is 0.818. The monoisotopic (exact) mass is 196 g/mol. The van der Waals surface area contributed by atoms with Gasteiger partial charge in [0.2, 0.25) is 0 Å². The lowest BCUT2D eigenvalue weighted by molar-refractivity contribution is 0.149. The third-order valence-electron chi connectivity index (χ3n) is 0.745. The molecule has 0 heterocycles. The number of rotatable bonds is 5. The van der Waals surface area contributed by atoms with E-state index in [9.17, 15) is 4.79 Å². The van der Waals surface area contributed by atoms with E-state index in [4.69, 9.17) is 4.74 Å². The Bertz CT molecular complexity index is 113. The molecule has 0 aromatic heterocycles. The van der Waals surface area contributed by atoms with Gasteiger partial charge in [0.1, 0.15) is 6.61 Å². The molecule has 0 aromatic rings. The molecule has 0 aliphatic heterocycles. The topological polar surface area (TPSA) is 50.4 Å². The van der Waals surface area contributed by atoms with E-state index in [1.54, 1.807) is 28.6 Å². The van der Waals surface area contributed by atoms with Gasteiger partial charge in [-0.05, 0) is 6.26 Å². The highest BCUT2D eigenvalue weighted by Gasteiger charge is 1.97. The molecule has 0 aliphatic carbocycles. The Morgan fingerprint density at radius 3 is 2.91 bits per heavy atom. The summed E-state index contributed by atoms with van der Waals surface area (Å²) in [5, 5.41) is 0. The van der Waals surface area contributed by atoms with Gasteiger partial charge in [-0.3, -0.25) is 5.43 Å². The minimum absolute atomic E-state index is 0.436. The third-order valence-corrected chi connectivity index (χ3v) is 2.52. The van der Waals surface area contributed by atoms with Crippen LogP contribution in [0.15, 0.2) is 0 Å². The van der Waals surface area contributed by atoms with Crippen molar-refractivity contribution in [1.82, 2.24) is 10.9 Å². The van der Waals surface area contributed by atoms with Gasteiger partial charge >= 0.3 is 6.09 Å². The average molecular weight is 196 g/mol. The van der Waals surface area contributed by atoms with Crippen LogP contribution in [0.1, 0.15) is 0 Å². The van der Waals surface area contributed by atoms with Crippen molar-refractivity contribution in [3.63, 3.8) is 0 Å². The zero-order valence-corrected chi connectivity index (χ0v) is 8.18. The Morgan fingerprint density at radius 1 is 1.64 bits per heavy atom. The summed E-state index contributed by atoms with van der Waals surface area (Å²) in [4.78, 5) is 10.6. The van der Waals surface area contributed by atoms with E-state index in [0.717, 1.165) is 5.75 Å². The van der Waals surface area contributed by atoms with E-state index in [1.165, 1.54) is 0 Å². The molecule has 1 amide bonds. The predicted molar refractivity (Wildman–Crippen MR) is 49.5 cm³/mol. The second-order valence-electron chi connectivity index (χ2n) is 1.50. The summed E-state index contributed by atoms with van der Waals surface area (Å²) < 4.78 is 4.74. The normalized spacial score (nSPS) is 9.27. The van der Waals surface area contributed by atoms with Gasteiger partial charge in [-0.2, -0.15) is 0 Å². The first-order valence-corrected chi connectivity index (χ1v) is 5.79. The van der Waals surface area contributed by atoms with E-state index >= 15 is 0 Å². The maximum atomic E-state index is 10.6. The Kier molecular flexibility index (Phi) is 7.98. The van der Waals surface area contributed by atoms with Crippen LogP contribution in [0.3, 0.4) is 0 Å². The van der Waals surface area contributed by atoms with E-state index in [2.05, 4.69) is 10.9 Å². The highest BCUT2D eigenvalue weighted by Crippen LogP contribution is 2.15. The maximum absolute atomic E-state index is 10.6. The van der Waals surface area contributed by atoms with Crippen LogP contribution < -0.4 is 10.9 Å². The fourth-order valence-corrected chi connectivity index (χ4v) is 1.41. The number of hydrogen-bond acceptors (Lipinski definition) is 5. The maximum Gasteiger partial charge on any atom is 0.421 e. The first-order chi connectivity index (χ1) is 5.31. The minimum atomic E-state index is -0.436. The molecule has 4 nitrogen and oxygen atoms in total. The van der Waals surface area contributed by atoms with Crippen LogP contribution in [0, 0.1) is 0 Å². The smallest absolute Gasteiger partial charge is 0.421 e. The first kappa shape index (κ1) is 10.9. The van der Waals surface area contributed by atoms with E-state index in [0.29, 0.717) is 6.61 Å². The zero-order chi connectivity index (χ0) is 8.53. The van der Waals surface area contributed by atoms with Crippen LogP contribution in [0.5, 0.6) is 0 Å². The van der Waals surface area contributed by atoms with Crippen LogP contribution in [-0.4, -0.2) is 31.8 Å². The molecule has 0 fully saturated rings. The summed E-state index contributed by atoms with van der Waals surface area (Å²) >= 11 is 0. The van der Waals surface area contributed by atoms with Gasteiger partial charge in [0.05, 0.1) is 0 Å². The molecule has 0 saturated carbocycles. The number of carbonyl (C=O) groups excluding carboxylic acids is 1. The molecule has 0 bridgehead atoms. The van der Waals surface area contributed by atoms with Crippen molar-refractivity contribution in [3.8, 4) is 0 Å². The molecular weight excluding hydrogens is 184 g/mol. The van der Waals surface area contributed by atoms with Gasteiger partial charge < -0.3 is 4.74 Å². The van der Waals surface area contributed by atoms with Crippen molar-refractivity contribution in [3.05, 3.63) is 0 Å². The van der Waals surface area contributed by atoms with Gasteiger partial charge in [-0.15, -0.1) is 0 Å². The van der Waals surface area contributed by atoms with Crippen LogP contribution in [0.2, 0.25) is 0 Å². The van der Waals surface area contributed by atoms with Gasteiger partial charge in [0.15, 0.2) is 0 Å². The van der Waals surface area contributed by atoms with Gasteiger partial charge in [-0.25, -0.2) is 10.2 Å². The zero-order valence-electron chi connectivity index (χ0n) is 6.55. The number of amides is 1. The lowest BCUT2D eigenvalue weighted by Gasteiger charge is -2.03. The van der Waals surface area contributed by atoms with E-state index in [1.807, 2.05) is 6.26 Å². The molecule has 66 valence electrons. The Hall–Kier alpha value is -0.0700. The van der Waals surface area contributed by atoms with Crippen molar-refractivity contribution in [2.24, 2.45) is 0 Å². The molecule has 2 N–H and O–H groups in total. The lowest BCUT2D eigenvalue weighted by atomic mass is 10.8. The lowest BCUT2D eigenvalue weighted by Crippen LogP contribution is -2.34. The average Bonchev–Trinajstić information content (AvgIpc) is 1.99. The number of hydrogen-bond donors (Lipinski definition) is 2. The molecule has 0 aromatic carbocycles. The van der Waals surface area contributed by atoms with E-state index < -0.39 is 6.09 Å². The summed E-state index contributed by atoms with van der Waals surface area (Å²) in [6, 6.07) is 0. The van der Waals surface area contributed by atoms with Crippen molar-refractivity contribution >= 4 is 27.7 Å². The van der Waals surface area contributed by atoms with Gasteiger partial charge in [0.25, 0.3) is 0 Å². The van der Waals surface area contributed by atoms with Crippen LogP contribution in [-0.2, 0) is 4.74 Å². The molecule has 0 atom stereocenters. The second kappa shape index (κ2) is 8.03. The largest absolute Gasteiger partial charge is 0.448 e. The number of nitrogens with one attached hydrogen (secondary N) is 2. The standard InChI is InChI=1S/C5H12N2O2S2/c1-6-7-5(8)9-3-4-11-10-2/h6H,3-4H2,1-2H3,(H,7,8). The highest BCUT2D eigenvalue weighted by molar-refractivity contribution is 8.76. The molecule has 6 heteroatoms. The summed E-state index contributed by atoms with van der Waals surface area (Å²) in [7, 11) is 4.92. The Labute approximate surface area is 74.2 Å². The van der Waals surface area contributed by atoms with Crippen LogP contribution in [0.4, 0.5) is 4.79 Å². The Morgan fingerprint density at radius 2 is 2.36 bits per heavy atom. The molecule has 0 spiro atoms. The second-order valence-corrected chi connectivity index (χ2v) is 4.18. The summed E-state index contributed by atoms with van der Waals surface area (Å²) in [6.07, 6.45) is 1.55. The number of carbonyl (C=O) groups is 1. The Balaban J connectivity index is 3.04. The fraction of sp³-hybridized carbons (Fsp3) is 0.800. The molecule has 0 aliphatic rings. The van der Waals surface area contributed by atoms with E-state index in [-0.39, 0.29) is 0 Å². The SMILES string of the molecule is CNNC(=O)OCCSSC. The third kappa shape index (κ3) is 7.83.